The number of amides is 3. The van der Waals surface area contributed by atoms with Crippen molar-refractivity contribution in [1.82, 2.24) is 24.3 Å². The maximum Gasteiger partial charge on any atom is 0.354 e. The van der Waals surface area contributed by atoms with E-state index in [0.29, 0.717) is 49.7 Å². The second-order valence-electron chi connectivity index (χ2n) is 10.6. The molecular formula is C25H36ClN9O3. The van der Waals surface area contributed by atoms with Gasteiger partial charge in [0.2, 0.25) is 5.91 Å². The fraction of sp³-hybridized carbons (Fsp3) is 0.520. The van der Waals surface area contributed by atoms with Crippen LogP contribution in [0.4, 0.5) is 10.6 Å². The maximum atomic E-state index is 12.7. The van der Waals surface area contributed by atoms with Crippen LogP contribution in [-0.4, -0.2) is 93.6 Å². The zero-order chi connectivity index (χ0) is 26.3. The van der Waals surface area contributed by atoms with Crippen LogP contribution in [-0.2, 0) is 11.3 Å². The molecule has 206 valence electrons. The van der Waals surface area contributed by atoms with Gasteiger partial charge in [-0.1, -0.05) is 12.1 Å². The molecule has 13 heteroatoms. The highest BCUT2D eigenvalue weighted by Crippen LogP contribution is 2.44. The Hall–Kier alpha value is -3.03. The first-order chi connectivity index (χ1) is 17.7. The number of hydrogen-bond acceptors (Lipinski definition) is 8. The van der Waals surface area contributed by atoms with Gasteiger partial charge in [0.25, 0.3) is 0 Å². The fourth-order valence-corrected chi connectivity index (χ4v) is 5.23. The predicted molar refractivity (Wildman–Crippen MR) is 146 cm³/mol. The number of piperazine rings is 1. The number of piperidine rings is 1. The van der Waals surface area contributed by atoms with E-state index in [9.17, 15) is 14.4 Å². The monoisotopic (exact) mass is 545 g/mol. The number of benzene rings is 1. The van der Waals surface area contributed by atoms with Gasteiger partial charge in [-0.15, -0.1) is 12.4 Å². The van der Waals surface area contributed by atoms with E-state index < -0.39 is 11.2 Å². The van der Waals surface area contributed by atoms with Crippen molar-refractivity contribution in [1.29, 1.82) is 0 Å². The molecule has 38 heavy (non-hydrogen) atoms. The van der Waals surface area contributed by atoms with Gasteiger partial charge >= 0.3 is 11.7 Å². The van der Waals surface area contributed by atoms with Crippen LogP contribution < -0.4 is 28.2 Å². The van der Waals surface area contributed by atoms with Crippen molar-refractivity contribution in [2.24, 2.45) is 29.0 Å². The number of anilines is 1. The Morgan fingerprint density at radius 3 is 2.24 bits per heavy atom. The van der Waals surface area contributed by atoms with Crippen LogP contribution in [0.5, 0.6) is 0 Å². The largest absolute Gasteiger partial charge is 0.354 e. The van der Waals surface area contributed by atoms with Crippen molar-refractivity contribution < 1.29 is 9.59 Å². The van der Waals surface area contributed by atoms with Crippen LogP contribution in [0.2, 0.25) is 0 Å². The third kappa shape index (κ3) is 5.69. The van der Waals surface area contributed by atoms with Crippen molar-refractivity contribution in [3.8, 4) is 5.69 Å². The number of carbonyl (C=O) groups is 2. The van der Waals surface area contributed by atoms with E-state index in [4.69, 9.17) is 17.2 Å². The molecule has 0 spiro atoms. The number of nitrogens with two attached hydrogens (primary N) is 3. The molecule has 3 aliphatic rings. The van der Waals surface area contributed by atoms with E-state index >= 15 is 0 Å². The van der Waals surface area contributed by atoms with Gasteiger partial charge in [-0.3, -0.25) is 19.6 Å². The third-order valence-electron chi connectivity index (χ3n) is 7.76. The Morgan fingerprint density at radius 2 is 1.66 bits per heavy atom. The fourth-order valence-electron chi connectivity index (χ4n) is 5.23. The van der Waals surface area contributed by atoms with Gasteiger partial charge in [0.1, 0.15) is 11.4 Å². The van der Waals surface area contributed by atoms with E-state index in [1.165, 1.54) is 10.1 Å². The number of hydrogen-bond donors (Lipinski definition) is 4. The van der Waals surface area contributed by atoms with Crippen molar-refractivity contribution in [3.05, 3.63) is 52.6 Å². The summed E-state index contributed by atoms with van der Waals surface area (Å²) in [6, 6.07) is 9.44. The molecule has 0 bridgehead atoms. The van der Waals surface area contributed by atoms with Crippen LogP contribution in [0, 0.1) is 11.8 Å². The summed E-state index contributed by atoms with van der Waals surface area (Å²) in [6.07, 6.45) is 1.60. The minimum absolute atomic E-state index is 0. The smallest absolute Gasteiger partial charge is 0.338 e. The molecule has 2 saturated heterocycles. The van der Waals surface area contributed by atoms with E-state index in [1.54, 1.807) is 29.0 Å². The Morgan fingerprint density at radius 1 is 1.05 bits per heavy atom. The molecule has 0 radical (unpaired) electrons. The summed E-state index contributed by atoms with van der Waals surface area (Å²) in [7, 11) is 0. The molecule has 3 unspecified atom stereocenters. The lowest BCUT2D eigenvalue weighted by Gasteiger charge is -2.38. The SMILES string of the molecule is CC(N)(CN)C(=O)N1CCN(C(=O)Nc2ccn(-c3ccc(CN4CC5C(N)C5C4)cc3)c(=O)n2)CC1.Cl. The number of nitrogens with zero attached hydrogens (tertiary/aromatic N) is 5. The first-order valence-electron chi connectivity index (χ1n) is 12.7. The second kappa shape index (κ2) is 11.0. The molecule has 7 N–H and O–H groups in total. The topological polar surface area (TPSA) is 169 Å². The summed E-state index contributed by atoms with van der Waals surface area (Å²) in [6.45, 7) is 6.03. The molecule has 3 amide bonds. The number of nitrogens with one attached hydrogen (secondary N) is 1. The lowest BCUT2D eigenvalue weighted by Crippen LogP contribution is -2.61. The quantitative estimate of drug-likeness (QED) is 0.373. The van der Waals surface area contributed by atoms with Gasteiger partial charge < -0.3 is 27.0 Å². The van der Waals surface area contributed by atoms with Crippen LogP contribution in [0.1, 0.15) is 12.5 Å². The summed E-state index contributed by atoms with van der Waals surface area (Å²) in [5, 5.41) is 2.68. The van der Waals surface area contributed by atoms with E-state index in [0.717, 1.165) is 19.6 Å². The molecule has 1 aliphatic carbocycles. The number of urea groups is 1. The summed E-state index contributed by atoms with van der Waals surface area (Å²) >= 11 is 0. The molecular weight excluding hydrogens is 510 g/mol. The van der Waals surface area contributed by atoms with Crippen LogP contribution in [0.25, 0.3) is 5.69 Å². The van der Waals surface area contributed by atoms with Crippen LogP contribution in [0.3, 0.4) is 0 Å². The first-order valence-corrected chi connectivity index (χ1v) is 12.7. The molecule has 1 aromatic carbocycles. The van der Waals surface area contributed by atoms with Gasteiger partial charge in [-0.05, 0) is 42.5 Å². The Balaban J connectivity index is 0.00000336. The third-order valence-corrected chi connectivity index (χ3v) is 7.76. The van der Waals surface area contributed by atoms with Gasteiger partial charge in [0, 0.05) is 64.6 Å². The molecule has 5 rings (SSSR count). The number of halogens is 1. The average Bonchev–Trinajstić information content (AvgIpc) is 3.28. The lowest BCUT2D eigenvalue weighted by molar-refractivity contribution is -0.137. The van der Waals surface area contributed by atoms with Crippen LogP contribution >= 0.6 is 12.4 Å². The molecule has 1 saturated carbocycles. The van der Waals surface area contributed by atoms with Crippen molar-refractivity contribution in [3.63, 3.8) is 0 Å². The summed E-state index contributed by atoms with van der Waals surface area (Å²) in [5.74, 6) is 1.25. The molecule has 12 nitrogen and oxygen atoms in total. The molecule has 3 fully saturated rings. The molecule has 2 aliphatic heterocycles. The Kier molecular flexibility index (Phi) is 8.09. The van der Waals surface area contributed by atoms with E-state index in [1.807, 2.05) is 24.3 Å². The summed E-state index contributed by atoms with van der Waals surface area (Å²) < 4.78 is 1.44. The number of likely N-dealkylation sites (tertiary alicyclic amines) is 1. The highest BCUT2D eigenvalue weighted by molar-refractivity contribution is 5.89. The molecule has 1 aromatic heterocycles. The lowest BCUT2D eigenvalue weighted by atomic mass is 10.0. The van der Waals surface area contributed by atoms with Gasteiger partial charge in [0.15, 0.2) is 0 Å². The number of carbonyl (C=O) groups excluding carboxylic acids is 2. The zero-order valence-electron chi connectivity index (χ0n) is 21.5. The highest BCUT2D eigenvalue weighted by atomic mass is 35.5. The summed E-state index contributed by atoms with van der Waals surface area (Å²) in [5.41, 5.74) is 17.8. The van der Waals surface area contributed by atoms with Crippen LogP contribution in [0.15, 0.2) is 41.3 Å². The van der Waals surface area contributed by atoms with E-state index in [2.05, 4.69) is 15.2 Å². The number of aromatic nitrogens is 2. The molecule has 3 atom stereocenters. The molecule has 3 heterocycles. The van der Waals surface area contributed by atoms with Gasteiger partial charge in [-0.25, -0.2) is 9.59 Å². The zero-order valence-corrected chi connectivity index (χ0v) is 22.3. The Labute approximate surface area is 227 Å². The van der Waals surface area contributed by atoms with Gasteiger partial charge in [0.05, 0.1) is 5.69 Å². The molecule has 2 aromatic rings. The van der Waals surface area contributed by atoms with Gasteiger partial charge in [-0.2, -0.15) is 4.98 Å². The highest BCUT2D eigenvalue weighted by Gasteiger charge is 2.53. The predicted octanol–water partition coefficient (Wildman–Crippen LogP) is -0.605. The Bertz CT molecular complexity index is 1220. The average molecular weight is 546 g/mol. The maximum absolute atomic E-state index is 12.7. The van der Waals surface area contributed by atoms with Crippen molar-refractivity contribution >= 4 is 30.2 Å². The summed E-state index contributed by atoms with van der Waals surface area (Å²) in [4.78, 5) is 47.5. The minimum atomic E-state index is -1.12. The first kappa shape index (κ1) is 28.0. The van der Waals surface area contributed by atoms with Crippen molar-refractivity contribution in [2.75, 3.05) is 51.1 Å². The van der Waals surface area contributed by atoms with E-state index in [-0.39, 0.29) is 36.7 Å². The number of fused-ring (bicyclic) bond motifs is 1. The minimum Gasteiger partial charge on any atom is -0.338 e. The number of rotatable bonds is 6. The second-order valence-corrected chi connectivity index (χ2v) is 10.6. The normalized spacial score (nSPS) is 24.3. The standard InChI is InChI=1S/C25H35N9O3.ClH/c1-25(28,15-26)22(35)32-8-10-33(11-9-32)23(36)29-20-6-7-34(24(37)30-20)17-4-2-16(3-5-17)12-31-13-18-19(14-31)21(18)27;/h2-7,18-19,21H,8-15,26-28H2,1H3,(H,29,30,36,37);1H. The van der Waals surface area contributed by atoms with Crippen molar-refractivity contribution in [2.45, 2.75) is 25.0 Å².